The first-order valence-electron chi connectivity index (χ1n) is 2.07. The van der Waals surface area contributed by atoms with Crippen LogP contribution in [0.25, 0.3) is 0 Å². The van der Waals surface area contributed by atoms with E-state index in [9.17, 15) is 0 Å². The number of hydrogen-bond donors (Lipinski definition) is 1. The van der Waals surface area contributed by atoms with E-state index in [0.29, 0.717) is 0 Å². The van der Waals surface area contributed by atoms with Crippen LogP contribution in [0.2, 0.25) is 0 Å². The monoisotopic (exact) mass is 112 g/mol. The van der Waals surface area contributed by atoms with Gasteiger partial charge in [-0.1, -0.05) is 0 Å². The predicted molar refractivity (Wildman–Crippen MR) is 21.0 cm³/mol. The summed E-state index contributed by atoms with van der Waals surface area (Å²) in [7, 11) is 0. The van der Waals surface area contributed by atoms with Crippen molar-refractivity contribution in [1.82, 2.24) is 0 Å². The third-order valence-electron chi connectivity index (χ3n) is 1.07. The van der Waals surface area contributed by atoms with Crippen LogP contribution in [0.4, 0.5) is 0 Å². The fourth-order valence-corrected chi connectivity index (χ4v) is 0.387. The van der Waals surface area contributed by atoms with E-state index in [1.807, 2.05) is 0 Å². The Balaban J connectivity index is 0. The Morgan fingerprint density at radius 1 is 1.50 bits per heavy atom. The van der Waals surface area contributed by atoms with E-state index in [0.717, 1.165) is 12.8 Å². The van der Waals surface area contributed by atoms with E-state index in [1.165, 1.54) is 6.42 Å². The molecule has 0 radical (unpaired) electrons. The van der Waals surface area contributed by atoms with Gasteiger partial charge in [-0.05, 0) is 19.3 Å². The Labute approximate surface area is 82.0 Å². The summed E-state index contributed by atoms with van der Waals surface area (Å²) in [6, 6.07) is 0. The summed E-state index contributed by atoms with van der Waals surface area (Å²) >= 11 is 0. The minimum atomic E-state index is 0. The zero-order chi connectivity index (χ0) is 3.70. The average molecular weight is 112 g/mol. The molecular formula is C4H9KO. The zero-order valence-corrected chi connectivity index (χ0v) is 7.27. The number of aliphatic hydroxyl groups excluding tert-OH is 1. The molecule has 0 saturated heterocycles. The van der Waals surface area contributed by atoms with Crippen molar-refractivity contribution in [3.05, 3.63) is 0 Å². The third-order valence-corrected chi connectivity index (χ3v) is 1.07. The molecule has 1 aliphatic rings. The van der Waals surface area contributed by atoms with Gasteiger partial charge >= 0.3 is 51.4 Å². The Bertz CT molecular complexity index is 38.7. The second-order valence-electron chi connectivity index (χ2n) is 1.58. The molecule has 0 spiro atoms. The molecule has 1 aliphatic carbocycles. The van der Waals surface area contributed by atoms with E-state index in [2.05, 4.69) is 0 Å². The van der Waals surface area contributed by atoms with Gasteiger partial charge in [-0.25, -0.2) is 0 Å². The quantitative estimate of drug-likeness (QED) is 0.348. The summed E-state index contributed by atoms with van der Waals surface area (Å²) in [4.78, 5) is 0. The summed E-state index contributed by atoms with van der Waals surface area (Å²) in [6.07, 6.45) is 3.39. The Morgan fingerprint density at radius 3 is 1.83 bits per heavy atom. The van der Waals surface area contributed by atoms with Gasteiger partial charge < -0.3 is 6.53 Å². The van der Waals surface area contributed by atoms with Crippen LogP contribution in [0.5, 0.6) is 0 Å². The molecular weight excluding hydrogens is 103 g/mol. The van der Waals surface area contributed by atoms with Crippen molar-refractivity contribution in [3.8, 4) is 0 Å². The molecule has 32 valence electrons. The summed E-state index contributed by atoms with van der Waals surface area (Å²) in [6.45, 7) is 0. The van der Waals surface area contributed by atoms with Gasteiger partial charge in [-0.2, -0.15) is 0 Å². The van der Waals surface area contributed by atoms with Crippen LogP contribution < -0.4 is 51.4 Å². The average Bonchev–Trinajstić information content (AvgIpc) is 1.30. The molecule has 0 amide bonds. The fourth-order valence-electron chi connectivity index (χ4n) is 0.387. The Kier molecular flexibility index (Phi) is 4.53. The van der Waals surface area contributed by atoms with Crippen LogP contribution in [0.3, 0.4) is 0 Å². The fraction of sp³-hybridized carbons (Fsp3) is 1.00. The SMILES string of the molecule is OC1CCC1.[H-].[K+]. The van der Waals surface area contributed by atoms with Crippen LogP contribution in [0.1, 0.15) is 20.7 Å². The zero-order valence-electron chi connectivity index (χ0n) is 5.15. The van der Waals surface area contributed by atoms with Gasteiger partial charge in [0.1, 0.15) is 0 Å². The van der Waals surface area contributed by atoms with E-state index >= 15 is 0 Å². The maximum Gasteiger partial charge on any atom is 1.00 e. The molecule has 2 heteroatoms. The first kappa shape index (κ1) is 7.60. The van der Waals surface area contributed by atoms with E-state index in [4.69, 9.17) is 5.11 Å². The second kappa shape index (κ2) is 3.58. The van der Waals surface area contributed by atoms with Gasteiger partial charge in [0.25, 0.3) is 0 Å². The maximum atomic E-state index is 8.45. The molecule has 0 unspecified atom stereocenters. The molecule has 0 bridgehead atoms. The molecule has 1 saturated carbocycles. The topological polar surface area (TPSA) is 20.2 Å². The van der Waals surface area contributed by atoms with E-state index < -0.39 is 0 Å². The predicted octanol–water partition coefficient (Wildman–Crippen LogP) is -2.35. The van der Waals surface area contributed by atoms with Crippen molar-refractivity contribution in [1.29, 1.82) is 0 Å². The molecule has 1 fully saturated rings. The van der Waals surface area contributed by atoms with Crippen LogP contribution in [-0.4, -0.2) is 11.2 Å². The maximum absolute atomic E-state index is 8.45. The molecule has 0 atom stereocenters. The second-order valence-corrected chi connectivity index (χ2v) is 1.58. The number of hydrogen-bond acceptors (Lipinski definition) is 1. The van der Waals surface area contributed by atoms with Gasteiger partial charge in [-0.3, -0.25) is 0 Å². The van der Waals surface area contributed by atoms with Gasteiger partial charge in [-0.15, -0.1) is 0 Å². The summed E-state index contributed by atoms with van der Waals surface area (Å²) in [5, 5.41) is 8.45. The van der Waals surface area contributed by atoms with Crippen LogP contribution in [0, 0.1) is 0 Å². The number of rotatable bonds is 0. The molecule has 0 aromatic rings. The Hall–Kier alpha value is 1.60. The van der Waals surface area contributed by atoms with Crippen molar-refractivity contribution in [2.24, 2.45) is 0 Å². The third kappa shape index (κ3) is 2.05. The van der Waals surface area contributed by atoms with E-state index in [-0.39, 0.29) is 58.9 Å². The van der Waals surface area contributed by atoms with Crippen LogP contribution in [0.15, 0.2) is 0 Å². The molecule has 0 aliphatic heterocycles. The summed E-state index contributed by atoms with van der Waals surface area (Å²) < 4.78 is 0. The first-order chi connectivity index (χ1) is 2.39. The molecule has 1 N–H and O–H groups in total. The minimum Gasteiger partial charge on any atom is -1.00 e. The molecule has 6 heavy (non-hydrogen) atoms. The first-order valence-corrected chi connectivity index (χ1v) is 2.07. The smallest absolute Gasteiger partial charge is 1.00 e. The van der Waals surface area contributed by atoms with Crippen molar-refractivity contribution in [2.45, 2.75) is 25.4 Å². The normalized spacial score (nSPS) is 21.5. The van der Waals surface area contributed by atoms with Crippen LogP contribution in [-0.2, 0) is 0 Å². The summed E-state index contributed by atoms with van der Waals surface area (Å²) in [5.74, 6) is 0. The number of aliphatic hydroxyl groups is 1. The van der Waals surface area contributed by atoms with Gasteiger partial charge in [0.2, 0.25) is 0 Å². The Morgan fingerprint density at radius 2 is 1.83 bits per heavy atom. The van der Waals surface area contributed by atoms with Crippen molar-refractivity contribution in [3.63, 3.8) is 0 Å². The molecule has 1 nitrogen and oxygen atoms in total. The van der Waals surface area contributed by atoms with E-state index in [1.54, 1.807) is 0 Å². The minimum absolute atomic E-state index is 0. The summed E-state index contributed by atoms with van der Waals surface area (Å²) in [5.41, 5.74) is 0. The van der Waals surface area contributed by atoms with Gasteiger partial charge in [0.15, 0.2) is 0 Å². The standard InChI is InChI=1S/C4H8O.K.H/c5-4-2-1-3-4;;/h4-5H,1-3H2;;/q;+1;-1. The van der Waals surface area contributed by atoms with Crippen molar-refractivity contribution in [2.75, 3.05) is 0 Å². The molecule has 0 aromatic carbocycles. The van der Waals surface area contributed by atoms with Crippen molar-refractivity contribution < 1.29 is 57.9 Å². The van der Waals surface area contributed by atoms with Crippen LogP contribution >= 0.6 is 0 Å². The molecule has 1 rings (SSSR count). The van der Waals surface area contributed by atoms with Gasteiger partial charge in [0, 0.05) is 0 Å². The largest absolute Gasteiger partial charge is 1.00 e. The van der Waals surface area contributed by atoms with Crippen molar-refractivity contribution >= 4 is 0 Å². The molecule has 0 heterocycles. The van der Waals surface area contributed by atoms with Gasteiger partial charge in [0.05, 0.1) is 6.10 Å². The molecule has 0 aromatic heterocycles.